The highest BCUT2D eigenvalue weighted by Gasteiger charge is 2.02. The molecule has 14 heavy (non-hydrogen) atoms. The second-order valence-electron chi connectivity index (χ2n) is 2.82. The molecule has 1 heterocycles. The van der Waals surface area contributed by atoms with Crippen LogP contribution in [0.4, 0.5) is 5.69 Å². The summed E-state index contributed by atoms with van der Waals surface area (Å²) in [6, 6.07) is 5.50. The summed E-state index contributed by atoms with van der Waals surface area (Å²) in [7, 11) is 0. The molecular formula is C10H8N2OS. The van der Waals surface area contributed by atoms with Gasteiger partial charge in [0.15, 0.2) is 0 Å². The number of hydrogen-bond acceptors (Lipinski definition) is 4. The van der Waals surface area contributed by atoms with Gasteiger partial charge in [0.1, 0.15) is 0 Å². The van der Waals surface area contributed by atoms with Crippen molar-refractivity contribution in [2.45, 2.75) is 13.3 Å². The van der Waals surface area contributed by atoms with E-state index in [4.69, 9.17) is 0 Å². The van der Waals surface area contributed by atoms with Gasteiger partial charge in [-0.1, -0.05) is 6.92 Å². The number of isocyanates is 1. The maximum atomic E-state index is 10.1. The van der Waals surface area contributed by atoms with E-state index in [0.717, 1.165) is 21.6 Å². The number of fused-ring (bicyclic) bond motifs is 1. The first kappa shape index (κ1) is 9.06. The SMILES string of the molecule is CCc1nc2ccc(N=C=O)cc2s1. The second kappa shape index (κ2) is 3.70. The highest BCUT2D eigenvalue weighted by atomic mass is 32.1. The lowest BCUT2D eigenvalue weighted by Gasteiger charge is -1.88. The minimum absolute atomic E-state index is 0.638. The quantitative estimate of drug-likeness (QED) is 0.557. The van der Waals surface area contributed by atoms with Crippen molar-refractivity contribution < 1.29 is 4.79 Å². The van der Waals surface area contributed by atoms with Crippen molar-refractivity contribution in [2.75, 3.05) is 0 Å². The topological polar surface area (TPSA) is 42.3 Å². The third-order valence-electron chi connectivity index (χ3n) is 1.89. The number of aromatic nitrogens is 1. The van der Waals surface area contributed by atoms with E-state index in [1.807, 2.05) is 12.1 Å². The zero-order valence-electron chi connectivity index (χ0n) is 7.65. The largest absolute Gasteiger partial charge is 0.241 e. The summed E-state index contributed by atoms with van der Waals surface area (Å²) >= 11 is 1.64. The van der Waals surface area contributed by atoms with Gasteiger partial charge in [0.25, 0.3) is 0 Å². The van der Waals surface area contributed by atoms with Gasteiger partial charge < -0.3 is 0 Å². The van der Waals surface area contributed by atoms with Crippen molar-refractivity contribution in [3.8, 4) is 0 Å². The van der Waals surface area contributed by atoms with Crippen LogP contribution in [0.5, 0.6) is 0 Å². The fourth-order valence-corrected chi connectivity index (χ4v) is 2.17. The number of hydrogen-bond donors (Lipinski definition) is 0. The monoisotopic (exact) mass is 204 g/mol. The van der Waals surface area contributed by atoms with Gasteiger partial charge in [-0.3, -0.25) is 0 Å². The summed E-state index contributed by atoms with van der Waals surface area (Å²) in [6.45, 7) is 2.07. The number of aliphatic imine (C=N–C) groups is 1. The molecule has 0 aliphatic heterocycles. The summed E-state index contributed by atoms with van der Waals surface area (Å²) < 4.78 is 1.07. The second-order valence-corrected chi connectivity index (χ2v) is 3.93. The Morgan fingerprint density at radius 2 is 2.43 bits per heavy atom. The van der Waals surface area contributed by atoms with Crippen LogP contribution in [0.15, 0.2) is 23.2 Å². The molecule has 0 saturated carbocycles. The maximum Gasteiger partial charge on any atom is 0.240 e. The van der Waals surface area contributed by atoms with Gasteiger partial charge in [-0.25, -0.2) is 9.78 Å². The van der Waals surface area contributed by atoms with E-state index in [2.05, 4.69) is 16.9 Å². The molecule has 0 N–H and O–H groups in total. The third kappa shape index (κ3) is 1.58. The van der Waals surface area contributed by atoms with E-state index in [1.165, 1.54) is 6.08 Å². The molecule has 0 atom stereocenters. The minimum Gasteiger partial charge on any atom is -0.241 e. The molecule has 2 aromatic rings. The molecule has 0 unspecified atom stereocenters. The zero-order valence-corrected chi connectivity index (χ0v) is 8.47. The van der Waals surface area contributed by atoms with Crippen LogP contribution in [0.25, 0.3) is 10.2 Å². The van der Waals surface area contributed by atoms with E-state index in [0.29, 0.717) is 5.69 Å². The molecule has 1 aromatic heterocycles. The third-order valence-corrected chi connectivity index (χ3v) is 3.06. The lowest BCUT2D eigenvalue weighted by atomic mass is 10.3. The molecule has 0 spiro atoms. The van der Waals surface area contributed by atoms with Crippen LogP contribution in [-0.2, 0) is 11.2 Å². The van der Waals surface area contributed by atoms with Crippen molar-refractivity contribution in [3.05, 3.63) is 23.2 Å². The Balaban J connectivity index is 2.59. The van der Waals surface area contributed by atoms with Gasteiger partial charge in [0, 0.05) is 0 Å². The fourth-order valence-electron chi connectivity index (χ4n) is 1.23. The molecule has 0 saturated heterocycles. The molecule has 0 fully saturated rings. The molecule has 70 valence electrons. The Bertz CT molecular complexity index is 512. The van der Waals surface area contributed by atoms with Crippen molar-refractivity contribution >= 4 is 33.3 Å². The summed E-state index contributed by atoms with van der Waals surface area (Å²) in [5.74, 6) is 0. The molecule has 1 aromatic carbocycles. The van der Waals surface area contributed by atoms with Crippen LogP contribution in [0.3, 0.4) is 0 Å². The standard InChI is InChI=1S/C10H8N2OS/c1-2-10-12-8-4-3-7(11-6-13)5-9(8)14-10/h3-5H,2H2,1H3. The molecule has 0 radical (unpaired) electrons. The minimum atomic E-state index is 0.638. The predicted octanol–water partition coefficient (Wildman–Crippen LogP) is 2.83. The Hall–Kier alpha value is -1.51. The number of thiazole rings is 1. The first-order valence-electron chi connectivity index (χ1n) is 4.31. The Morgan fingerprint density at radius 1 is 1.57 bits per heavy atom. The van der Waals surface area contributed by atoms with Crippen LogP contribution < -0.4 is 0 Å². The highest BCUT2D eigenvalue weighted by Crippen LogP contribution is 2.26. The van der Waals surface area contributed by atoms with Gasteiger partial charge in [-0.05, 0) is 24.6 Å². The predicted molar refractivity (Wildman–Crippen MR) is 56.8 cm³/mol. The van der Waals surface area contributed by atoms with Gasteiger partial charge in [0.2, 0.25) is 6.08 Å². The van der Waals surface area contributed by atoms with Gasteiger partial charge in [0.05, 0.1) is 20.9 Å². The lowest BCUT2D eigenvalue weighted by molar-refractivity contribution is 0.565. The Kier molecular flexibility index (Phi) is 2.39. The van der Waals surface area contributed by atoms with Crippen LogP contribution >= 0.6 is 11.3 Å². The van der Waals surface area contributed by atoms with E-state index >= 15 is 0 Å². The van der Waals surface area contributed by atoms with Gasteiger partial charge in [-0.15, -0.1) is 11.3 Å². The number of aryl methyl sites for hydroxylation is 1. The zero-order chi connectivity index (χ0) is 9.97. The van der Waals surface area contributed by atoms with E-state index in [9.17, 15) is 4.79 Å². The first-order chi connectivity index (χ1) is 6.83. The summed E-state index contributed by atoms with van der Waals surface area (Å²) in [5.41, 5.74) is 1.61. The Morgan fingerprint density at radius 3 is 3.14 bits per heavy atom. The number of rotatable bonds is 2. The first-order valence-corrected chi connectivity index (χ1v) is 5.12. The lowest BCUT2D eigenvalue weighted by Crippen LogP contribution is -1.73. The van der Waals surface area contributed by atoms with Crippen molar-refractivity contribution in [2.24, 2.45) is 4.99 Å². The summed E-state index contributed by atoms with van der Waals surface area (Å²) in [4.78, 5) is 18.0. The average Bonchev–Trinajstić information content (AvgIpc) is 2.60. The number of benzene rings is 1. The Labute approximate surface area is 85.1 Å². The average molecular weight is 204 g/mol. The van der Waals surface area contributed by atoms with Crippen molar-refractivity contribution in [1.82, 2.24) is 4.98 Å². The molecule has 0 aliphatic carbocycles. The molecular weight excluding hydrogens is 196 g/mol. The van der Waals surface area contributed by atoms with Crippen LogP contribution in [-0.4, -0.2) is 11.1 Å². The van der Waals surface area contributed by atoms with Crippen molar-refractivity contribution in [3.63, 3.8) is 0 Å². The molecule has 2 rings (SSSR count). The van der Waals surface area contributed by atoms with Gasteiger partial charge >= 0.3 is 0 Å². The molecule has 0 bridgehead atoms. The van der Waals surface area contributed by atoms with Gasteiger partial charge in [-0.2, -0.15) is 4.99 Å². The molecule has 3 nitrogen and oxygen atoms in total. The number of nitrogens with zero attached hydrogens (tertiary/aromatic N) is 2. The smallest absolute Gasteiger partial charge is 0.240 e. The van der Waals surface area contributed by atoms with Crippen LogP contribution in [0.1, 0.15) is 11.9 Å². The molecule has 4 heteroatoms. The molecule has 0 amide bonds. The van der Waals surface area contributed by atoms with E-state index < -0.39 is 0 Å². The summed E-state index contributed by atoms with van der Waals surface area (Å²) in [5, 5.41) is 1.10. The van der Waals surface area contributed by atoms with E-state index in [1.54, 1.807) is 17.4 Å². The normalized spacial score (nSPS) is 10.1. The van der Waals surface area contributed by atoms with E-state index in [-0.39, 0.29) is 0 Å². The van der Waals surface area contributed by atoms with Crippen LogP contribution in [0.2, 0.25) is 0 Å². The fraction of sp³-hybridized carbons (Fsp3) is 0.200. The highest BCUT2D eigenvalue weighted by molar-refractivity contribution is 7.18. The maximum absolute atomic E-state index is 10.1. The van der Waals surface area contributed by atoms with Crippen molar-refractivity contribution in [1.29, 1.82) is 0 Å². The van der Waals surface area contributed by atoms with Crippen LogP contribution in [0, 0.1) is 0 Å². The summed E-state index contributed by atoms with van der Waals surface area (Å²) in [6.07, 6.45) is 2.46. The number of carbonyl (C=O) groups excluding carboxylic acids is 1. The molecule has 0 aliphatic rings.